The van der Waals surface area contributed by atoms with Crippen LogP contribution in [0.3, 0.4) is 0 Å². The summed E-state index contributed by atoms with van der Waals surface area (Å²) in [5.41, 5.74) is 7.96. The van der Waals surface area contributed by atoms with Crippen molar-refractivity contribution in [2.45, 2.75) is 25.0 Å². The molecule has 0 aliphatic carbocycles. The molecule has 1 aliphatic heterocycles. The fraction of sp³-hybridized carbons (Fsp3) is 0.316. The predicted octanol–water partition coefficient (Wildman–Crippen LogP) is 2.07. The van der Waals surface area contributed by atoms with Gasteiger partial charge in [-0.05, 0) is 30.2 Å². The molecule has 3 rings (SSSR count). The Labute approximate surface area is 151 Å². The molecule has 0 aromatic heterocycles. The summed E-state index contributed by atoms with van der Waals surface area (Å²) in [5.74, 6) is 1.01. The van der Waals surface area contributed by atoms with E-state index in [1.54, 1.807) is 26.4 Å². The predicted molar refractivity (Wildman–Crippen MR) is 95.2 cm³/mol. The molecule has 0 spiro atoms. The summed E-state index contributed by atoms with van der Waals surface area (Å²) < 4.78 is 23.6. The minimum Gasteiger partial charge on any atom is -0.497 e. The molecule has 7 heteroatoms. The third kappa shape index (κ3) is 4.12. The highest BCUT2D eigenvalue weighted by molar-refractivity contribution is 5.82. The Morgan fingerprint density at radius 2 is 1.92 bits per heavy atom. The zero-order valence-corrected chi connectivity index (χ0v) is 14.7. The molecular weight excluding hydrogens is 337 g/mol. The van der Waals surface area contributed by atoms with Crippen molar-refractivity contribution in [2.75, 3.05) is 14.2 Å². The zero-order valence-electron chi connectivity index (χ0n) is 14.7. The second-order valence-electron chi connectivity index (χ2n) is 6.08. The highest BCUT2D eigenvalue weighted by Gasteiger charge is 2.31. The van der Waals surface area contributed by atoms with Gasteiger partial charge in [0.05, 0.1) is 20.3 Å². The number of ether oxygens (including phenoxy) is 2. The number of benzene rings is 2. The summed E-state index contributed by atoms with van der Waals surface area (Å²) in [6, 6.07) is 11.2. The van der Waals surface area contributed by atoms with E-state index in [0.29, 0.717) is 24.5 Å². The van der Waals surface area contributed by atoms with Crippen molar-refractivity contribution in [2.24, 2.45) is 0 Å². The molecule has 6 nitrogen and oxygen atoms in total. The van der Waals surface area contributed by atoms with E-state index < -0.39 is 0 Å². The van der Waals surface area contributed by atoms with Crippen LogP contribution in [0.5, 0.6) is 11.5 Å². The Morgan fingerprint density at radius 1 is 1.15 bits per heavy atom. The van der Waals surface area contributed by atoms with Crippen molar-refractivity contribution in [1.29, 1.82) is 0 Å². The maximum Gasteiger partial charge on any atom is 0.238 e. The van der Waals surface area contributed by atoms with Crippen LogP contribution in [-0.2, 0) is 11.3 Å². The quantitative estimate of drug-likeness (QED) is 0.737. The van der Waals surface area contributed by atoms with Crippen LogP contribution in [0.2, 0.25) is 0 Å². The summed E-state index contributed by atoms with van der Waals surface area (Å²) in [5, 5.41) is 2.86. The SMILES string of the molecule is COc1ccc(C2CC(C(=O)NCc3ccc(F)cc3)NN2)c(OC)c1. The molecule has 0 radical (unpaired) electrons. The molecule has 2 atom stereocenters. The van der Waals surface area contributed by atoms with Crippen LogP contribution in [0.1, 0.15) is 23.6 Å². The van der Waals surface area contributed by atoms with Crippen molar-refractivity contribution in [3.05, 3.63) is 59.4 Å². The van der Waals surface area contributed by atoms with Gasteiger partial charge in [-0.25, -0.2) is 15.2 Å². The average Bonchev–Trinajstić information content (AvgIpc) is 3.16. The molecule has 0 bridgehead atoms. The van der Waals surface area contributed by atoms with Gasteiger partial charge in [0, 0.05) is 18.2 Å². The Morgan fingerprint density at radius 3 is 2.62 bits per heavy atom. The number of hydrogen-bond donors (Lipinski definition) is 3. The number of hydrogen-bond acceptors (Lipinski definition) is 5. The van der Waals surface area contributed by atoms with Crippen LogP contribution in [0.15, 0.2) is 42.5 Å². The number of methoxy groups -OCH3 is 2. The van der Waals surface area contributed by atoms with Gasteiger partial charge in [0.2, 0.25) is 5.91 Å². The number of rotatable bonds is 6. The van der Waals surface area contributed by atoms with Crippen LogP contribution >= 0.6 is 0 Å². The van der Waals surface area contributed by atoms with E-state index in [1.165, 1.54) is 12.1 Å². The van der Waals surface area contributed by atoms with Crippen LogP contribution in [-0.4, -0.2) is 26.2 Å². The van der Waals surface area contributed by atoms with Crippen molar-refractivity contribution >= 4 is 5.91 Å². The number of carbonyl (C=O) groups is 1. The number of amides is 1. The second-order valence-corrected chi connectivity index (χ2v) is 6.08. The van der Waals surface area contributed by atoms with Gasteiger partial charge in [-0.3, -0.25) is 4.79 Å². The van der Waals surface area contributed by atoms with Crippen molar-refractivity contribution in [3.8, 4) is 11.5 Å². The molecule has 1 saturated heterocycles. The zero-order chi connectivity index (χ0) is 18.5. The van der Waals surface area contributed by atoms with Crippen molar-refractivity contribution in [3.63, 3.8) is 0 Å². The van der Waals surface area contributed by atoms with Gasteiger partial charge >= 0.3 is 0 Å². The Bertz CT molecular complexity index is 767. The second kappa shape index (κ2) is 8.16. The minimum atomic E-state index is -0.368. The van der Waals surface area contributed by atoms with E-state index in [0.717, 1.165) is 11.1 Å². The van der Waals surface area contributed by atoms with Crippen LogP contribution in [0.4, 0.5) is 4.39 Å². The first kappa shape index (κ1) is 18.2. The molecule has 1 fully saturated rings. The first-order chi connectivity index (χ1) is 12.6. The Balaban J connectivity index is 1.59. The maximum atomic E-state index is 12.9. The van der Waals surface area contributed by atoms with Gasteiger partial charge in [0.15, 0.2) is 0 Å². The van der Waals surface area contributed by atoms with E-state index in [2.05, 4.69) is 16.2 Å². The Hall–Kier alpha value is -2.64. The van der Waals surface area contributed by atoms with Crippen molar-refractivity contribution < 1.29 is 18.7 Å². The van der Waals surface area contributed by atoms with E-state index in [-0.39, 0.29) is 23.8 Å². The molecule has 2 unspecified atom stereocenters. The summed E-state index contributed by atoms with van der Waals surface area (Å²) in [6.45, 7) is 0.355. The Kier molecular flexibility index (Phi) is 5.70. The average molecular weight is 359 g/mol. The van der Waals surface area contributed by atoms with Gasteiger partial charge in [-0.1, -0.05) is 18.2 Å². The van der Waals surface area contributed by atoms with Gasteiger partial charge < -0.3 is 14.8 Å². The topological polar surface area (TPSA) is 71.6 Å². The highest BCUT2D eigenvalue weighted by Crippen LogP contribution is 2.33. The van der Waals surface area contributed by atoms with Crippen molar-refractivity contribution in [1.82, 2.24) is 16.2 Å². The minimum absolute atomic E-state index is 0.0579. The van der Waals surface area contributed by atoms with E-state index in [9.17, 15) is 9.18 Å². The number of hydrazine groups is 1. The van der Waals surface area contributed by atoms with Gasteiger partial charge in [-0.15, -0.1) is 0 Å². The molecule has 1 amide bonds. The lowest BCUT2D eigenvalue weighted by atomic mass is 10.0. The van der Waals surface area contributed by atoms with Gasteiger partial charge in [-0.2, -0.15) is 0 Å². The molecule has 2 aromatic carbocycles. The molecule has 138 valence electrons. The number of halogens is 1. The van der Waals surface area contributed by atoms with Gasteiger partial charge in [0.25, 0.3) is 0 Å². The fourth-order valence-electron chi connectivity index (χ4n) is 2.95. The highest BCUT2D eigenvalue weighted by atomic mass is 19.1. The van der Waals surface area contributed by atoms with Crippen LogP contribution in [0, 0.1) is 5.82 Å². The lowest BCUT2D eigenvalue weighted by molar-refractivity contribution is -0.123. The lowest BCUT2D eigenvalue weighted by Crippen LogP contribution is -2.42. The summed E-state index contributed by atoms with van der Waals surface area (Å²) in [4.78, 5) is 12.4. The summed E-state index contributed by atoms with van der Waals surface area (Å²) in [6.07, 6.45) is 0.581. The summed E-state index contributed by atoms with van der Waals surface area (Å²) >= 11 is 0. The molecule has 0 saturated carbocycles. The monoisotopic (exact) mass is 359 g/mol. The van der Waals surface area contributed by atoms with Crippen LogP contribution < -0.4 is 25.6 Å². The fourth-order valence-corrected chi connectivity index (χ4v) is 2.95. The smallest absolute Gasteiger partial charge is 0.238 e. The normalized spacial score (nSPS) is 19.2. The first-order valence-electron chi connectivity index (χ1n) is 8.36. The third-order valence-corrected chi connectivity index (χ3v) is 4.42. The standard InChI is InChI=1S/C19H22FN3O3/c1-25-14-7-8-15(18(9-14)26-2)16-10-17(23-22-16)19(24)21-11-12-3-5-13(20)6-4-12/h3-9,16-17,22-23H,10-11H2,1-2H3,(H,21,24). The van der Waals surface area contributed by atoms with Crippen LogP contribution in [0.25, 0.3) is 0 Å². The molecule has 26 heavy (non-hydrogen) atoms. The number of carbonyl (C=O) groups excluding carboxylic acids is 1. The molecule has 1 aliphatic rings. The maximum absolute atomic E-state index is 12.9. The first-order valence-corrected chi connectivity index (χ1v) is 8.36. The third-order valence-electron chi connectivity index (χ3n) is 4.42. The summed E-state index contributed by atoms with van der Waals surface area (Å²) in [7, 11) is 3.21. The lowest BCUT2D eigenvalue weighted by Gasteiger charge is -2.15. The van der Waals surface area contributed by atoms with E-state index in [1.807, 2.05) is 18.2 Å². The number of nitrogens with one attached hydrogen (secondary N) is 3. The molecule has 3 N–H and O–H groups in total. The van der Waals surface area contributed by atoms with E-state index in [4.69, 9.17) is 9.47 Å². The molecule has 2 aromatic rings. The largest absolute Gasteiger partial charge is 0.497 e. The molecular formula is C19H22FN3O3. The van der Waals surface area contributed by atoms with Gasteiger partial charge in [0.1, 0.15) is 23.4 Å². The van der Waals surface area contributed by atoms with E-state index >= 15 is 0 Å². The molecule has 1 heterocycles.